The van der Waals surface area contributed by atoms with Gasteiger partial charge in [0.25, 0.3) is 0 Å². The van der Waals surface area contributed by atoms with Crippen LogP contribution in [0.25, 0.3) is 0 Å². The number of ether oxygens (including phenoxy) is 2. The van der Waals surface area contributed by atoms with E-state index < -0.39 is 23.4 Å². The number of benzene rings is 1. The van der Waals surface area contributed by atoms with Crippen LogP contribution in [0.4, 0.5) is 5.69 Å². The van der Waals surface area contributed by atoms with Crippen LogP contribution in [0.2, 0.25) is 5.02 Å². The van der Waals surface area contributed by atoms with Crippen LogP contribution in [0.1, 0.15) is 0 Å². The Morgan fingerprint density at radius 1 is 1.45 bits per heavy atom. The Kier molecular flexibility index (Phi) is 2.86. The highest BCUT2D eigenvalue weighted by atomic mass is 35.5. The van der Waals surface area contributed by atoms with Gasteiger partial charge in [0.1, 0.15) is 11.5 Å². The molecule has 2 fully saturated rings. The molecule has 114 valence electrons. The second kappa shape index (κ2) is 4.57. The summed E-state index contributed by atoms with van der Waals surface area (Å²) in [5.41, 5.74) is -0.109. The van der Waals surface area contributed by atoms with Gasteiger partial charge >= 0.3 is 5.97 Å². The number of halogens is 1. The standard InChI is InChI=1S/C16H14ClNO4/c1-21-15(20)12-11-6-7-16(22-11)8-18(14(19)13(12)16)10-5-3-2-4-9(10)17/h2-7,11-13H,8H2,1H3/t11-,12-,13+,16-/m0/s1. The van der Waals surface area contributed by atoms with Gasteiger partial charge < -0.3 is 14.4 Å². The third-order valence-electron chi connectivity index (χ3n) is 4.72. The molecule has 1 amide bonds. The van der Waals surface area contributed by atoms with Crippen molar-refractivity contribution in [3.05, 3.63) is 41.4 Å². The number of rotatable bonds is 2. The summed E-state index contributed by atoms with van der Waals surface area (Å²) in [6, 6.07) is 7.17. The number of amides is 1. The van der Waals surface area contributed by atoms with E-state index in [-0.39, 0.29) is 12.0 Å². The van der Waals surface area contributed by atoms with Gasteiger partial charge in [-0.2, -0.15) is 0 Å². The lowest BCUT2D eigenvalue weighted by Gasteiger charge is -2.22. The Morgan fingerprint density at radius 2 is 2.23 bits per heavy atom. The van der Waals surface area contributed by atoms with Gasteiger partial charge in [0, 0.05) is 0 Å². The lowest BCUT2D eigenvalue weighted by molar-refractivity contribution is -0.149. The molecule has 6 heteroatoms. The van der Waals surface area contributed by atoms with E-state index in [1.165, 1.54) is 7.11 Å². The van der Waals surface area contributed by atoms with E-state index in [1.54, 1.807) is 17.0 Å². The molecule has 4 atom stereocenters. The first kappa shape index (κ1) is 13.8. The first-order valence-corrected chi connectivity index (χ1v) is 7.46. The minimum Gasteiger partial charge on any atom is -0.469 e. The number of para-hydroxylation sites is 1. The number of esters is 1. The molecule has 1 spiro atoms. The zero-order valence-corrected chi connectivity index (χ0v) is 12.6. The SMILES string of the molecule is COC(=O)[C@H]1[C@@H]2C=C[C@@]3(CN(c4ccccc4Cl)C(=O)[C@@H]13)O2. The highest BCUT2D eigenvalue weighted by Gasteiger charge is 2.67. The number of methoxy groups -OCH3 is 1. The lowest BCUT2D eigenvalue weighted by atomic mass is 9.77. The van der Waals surface area contributed by atoms with Crippen LogP contribution < -0.4 is 4.90 Å². The fraction of sp³-hybridized carbons (Fsp3) is 0.375. The van der Waals surface area contributed by atoms with Crippen LogP contribution in [0.15, 0.2) is 36.4 Å². The van der Waals surface area contributed by atoms with Gasteiger partial charge in [-0.3, -0.25) is 9.59 Å². The van der Waals surface area contributed by atoms with Gasteiger partial charge in [-0.05, 0) is 12.1 Å². The van der Waals surface area contributed by atoms with Crippen molar-refractivity contribution in [2.45, 2.75) is 11.7 Å². The topological polar surface area (TPSA) is 55.8 Å². The zero-order valence-electron chi connectivity index (χ0n) is 11.9. The van der Waals surface area contributed by atoms with Crippen LogP contribution >= 0.6 is 11.6 Å². The van der Waals surface area contributed by atoms with E-state index in [0.29, 0.717) is 17.3 Å². The molecule has 2 saturated heterocycles. The highest BCUT2D eigenvalue weighted by molar-refractivity contribution is 6.34. The van der Waals surface area contributed by atoms with Gasteiger partial charge in [0.2, 0.25) is 5.91 Å². The first-order valence-electron chi connectivity index (χ1n) is 7.08. The van der Waals surface area contributed by atoms with E-state index in [2.05, 4.69) is 0 Å². The Balaban J connectivity index is 1.75. The third-order valence-corrected chi connectivity index (χ3v) is 5.04. The Bertz CT molecular complexity index is 703. The number of nitrogens with zero attached hydrogens (tertiary/aromatic N) is 1. The van der Waals surface area contributed by atoms with Crippen LogP contribution in [0.3, 0.4) is 0 Å². The van der Waals surface area contributed by atoms with Crippen molar-refractivity contribution in [2.75, 3.05) is 18.6 Å². The number of hydrogen-bond donors (Lipinski definition) is 0. The average Bonchev–Trinajstić information content (AvgIpc) is 3.15. The van der Waals surface area contributed by atoms with Crippen molar-refractivity contribution in [1.29, 1.82) is 0 Å². The quantitative estimate of drug-likeness (QED) is 0.616. The molecule has 2 bridgehead atoms. The Labute approximate surface area is 132 Å². The number of carbonyl (C=O) groups is 2. The summed E-state index contributed by atoms with van der Waals surface area (Å²) in [5, 5.41) is 0.500. The maximum absolute atomic E-state index is 12.9. The van der Waals surface area contributed by atoms with E-state index in [9.17, 15) is 9.59 Å². The molecule has 0 saturated carbocycles. The van der Waals surface area contributed by atoms with Crippen molar-refractivity contribution >= 4 is 29.2 Å². The van der Waals surface area contributed by atoms with Crippen LogP contribution in [0, 0.1) is 11.8 Å². The summed E-state index contributed by atoms with van der Waals surface area (Å²) in [5.74, 6) is -1.69. The molecule has 3 heterocycles. The van der Waals surface area contributed by atoms with Crippen molar-refractivity contribution < 1.29 is 19.1 Å². The van der Waals surface area contributed by atoms with Crippen molar-refractivity contribution in [3.63, 3.8) is 0 Å². The van der Waals surface area contributed by atoms with Crippen molar-refractivity contribution in [1.82, 2.24) is 0 Å². The average molecular weight is 320 g/mol. The number of hydrogen-bond acceptors (Lipinski definition) is 4. The molecule has 0 aromatic heterocycles. The largest absolute Gasteiger partial charge is 0.469 e. The maximum atomic E-state index is 12.9. The fourth-order valence-corrected chi connectivity index (χ4v) is 4.02. The fourth-order valence-electron chi connectivity index (χ4n) is 3.78. The van der Waals surface area contributed by atoms with E-state index in [4.69, 9.17) is 21.1 Å². The number of anilines is 1. The molecular weight excluding hydrogens is 306 g/mol. The summed E-state index contributed by atoms with van der Waals surface area (Å²) in [6.45, 7) is 0.362. The highest BCUT2D eigenvalue weighted by Crippen LogP contribution is 2.53. The molecule has 0 radical (unpaired) electrons. The van der Waals surface area contributed by atoms with Gasteiger partial charge in [-0.15, -0.1) is 0 Å². The van der Waals surface area contributed by atoms with Gasteiger partial charge in [-0.25, -0.2) is 0 Å². The summed E-state index contributed by atoms with van der Waals surface area (Å²) < 4.78 is 10.8. The van der Waals surface area contributed by atoms with Gasteiger partial charge in [-0.1, -0.05) is 35.9 Å². The molecule has 5 nitrogen and oxygen atoms in total. The predicted molar refractivity (Wildman–Crippen MR) is 79.5 cm³/mol. The van der Waals surface area contributed by atoms with Crippen LogP contribution in [0.5, 0.6) is 0 Å². The Hall–Kier alpha value is -1.85. The number of carbonyl (C=O) groups excluding carboxylic acids is 2. The molecule has 0 unspecified atom stereocenters. The second-order valence-corrected chi connectivity index (χ2v) is 6.21. The minimum atomic E-state index is -0.750. The van der Waals surface area contributed by atoms with E-state index >= 15 is 0 Å². The Morgan fingerprint density at radius 3 is 2.95 bits per heavy atom. The first-order chi connectivity index (χ1) is 10.6. The van der Waals surface area contributed by atoms with Gasteiger partial charge in [0.05, 0.1) is 36.4 Å². The zero-order chi connectivity index (χ0) is 15.5. The van der Waals surface area contributed by atoms with Gasteiger partial charge in [0.15, 0.2) is 0 Å². The maximum Gasteiger partial charge on any atom is 0.312 e. The molecule has 3 aliphatic heterocycles. The molecule has 1 aromatic rings. The number of fused-ring (bicyclic) bond motifs is 1. The molecule has 1 aromatic carbocycles. The molecule has 0 N–H and O–H groups in total. The van der Waals surface area contributed by atoms with E-state index in [0.717, 1.165) is 0 Å². The summed E-state index contributed by atoms with van der Waals surface area (Å²) >= 11 is 6.21. The molecule has 0 aliphatic carbocycles. The molecule has 22 heavy (non-hydrogen) atoms. The molecular formula is C16H14ClNO4. The second-order valence-electron chi connectivity index (χ2n) is 5.80. The summed E-state index contributed by atoms with van der Waals surface area (Å²) in [7, 11) is 1.33. The predicted octanol–water partition coefficient (Wildman–Crippen LogP) is 1.80. The minimum absolute atomic E-state index is 0.143. The molecule has 3 aliphatic rings. The lowest BCUT2D eigenvalue weighted by Crippen LogP contribution is -2.39. The van der Waals surface area contributed by atoms with E-state index in [1.807, 2.05) is 24.3 Å². The monoisotopic (exact) mass is 319 g/mol. The van der Waals surface area contributed by atoms with Crippen molar-refractivity contribution in [2.24, 2.45) is 11.8 Å². The van der Waals surface area contributed by atoms with Crippen LogP contribution in [-0.4, -0.2) is 37.2 Å². The summed E-state index contributed by atoms with van der Waals surface area (Å²) in [4.78, 5) is 26.6. The normalized spacial score (nSPS) is 35.1. The van der Waals surface area contributed by atoms with Crippen LogP contribution in [-0.2, 0) is 19.1 Å². The van der Waals surface area contributed by atoms with Crippen molar-refractivity contribution in [3.8, 4) is 0 Å². The third kappa shape index (κ3) is 1.63. The smallest absolute Gasteiger partial charge is 0.312 e. The molecule has 4 rings (SSSR count). The summed E-state index contributed by atoms with van der Waals surface area (Å²) in [6.07, 6.45) is 3.37.